The number of allylic oxidation sites excluding steroid dienone is 14. The fourth-order valence-corrected chi connectivity index (χ4v) is 5.16. The fraction of sp³-hybridized carbons (Fsp3) is 0.610. The number of hydrogen-bond acceptors (Lipinski definition) is 9. The van der Waals surface area contributed by atoms with Crippen molar-refractivity contribution in [2.45, 2.75) is 135 Å². The number of ether oxygens (including phenoxy) is 2. The van der Waals surface area contributed by atoms with Crippen molar-refractivity contribution >= 4 is 19.8 Å². The number of esters is 2. The lowest BCUT2D eigenvalue weighted by Crippen LogP contribution is -2.29. The second kappa shape index (κ2) is 36.5. The largest absolute Gasteiger partial charge is 0.472 e. The summed E-state index contributed by atoms with van der Waals surface area (Å²) in [5, 5.41) is 18.3. The van der Waals surface area contributed by atoms with E-state index in [1.807, 2.05) is 12.2 Å². The molecule has 0 aliphatic carbocycles. The molecule has 0 bridgehead atoms. The summed E-state index contributed by atoms with van der Waals surface area (Å²) in [4.78, 5) is 34.7. The molecule has 0 saturated carbocycles. The predicted octanol–water partition coefficient (Wildman–Crippen LogP) is 9.49. The summed E-state index contributed by atoms with van der Waals surface area (Å²) in [6.07, 6.45) is 41.5. The molecule has 0 rings (SSSR count). The Morgan fingerprint density at radius 3 is 1.67 bits per heavy atom. The van der Waals surface area contributed by atoms with Crippen molar-refractivity contribution in [3.8, 4) is 0 Å². The van der Waals surface area contributed by atoms with E-state index in [-0.39, 0.29) is 19.4 Å². The molecule has 3 N–H and O–H groups in total. The van der Waals surface area contributed by atoms with Crippen LogP contribution in [0.3, 0.4) is 0 Å². The first-order chi connectivity index (χ1) is 25.2. The molecule has 0 fully saturated rings. The highest BCUT2D eigenvalue weighted by atomic mass is 31.2. The summed E-state index contributed by atoms with van der Waals surface area (Å²) in [6, 6.07) is 0. The molecule has 0 aromatic carbocycles. The second-order valence-corrected chi connectivity index (χ2v) is 13.7. The van der Waals surface area contributed by atoms with Crippen molar-refractivity contribution in [3.63, 3.8) is 0 Å². The van der Waals surface area contributed by atoms with Crippen molar-refractivity contribution in [2.75, 3.05) is 26.4 Å². The van der Waals surface area contributed by atoms with E-state index in [4.69, 9.17) is 19.1 Å². The highest BCUT2D eigenvalue weighted by Crippen LogP contribution is 2.43. The maximum absolute atomic E-state index is 12.5. The maximum Gasteiger partial charge on any atom is 0.472 e. The monoisotopic (exact) mass is 750 g/mol. The van der Waals surface area contributed by atoms with E-state index < -0.39 is 51.8 Å². The van der Waals surface area contributed by atoms with Crippen LogP contribution in [-0.4, -0.2) is 65.7 Å². The number of hydrogen-bond donors (Lipinski definition) is 3. The van der Waals surface area contributed by atoms with Crippen molar-refractivity contribution in [2.24, 2.45) is 0 Å². The summed E-state index contributed by atoms with van der Waals surface area (Å²) in [5.74, 6) is -1.05. The van der Waals surface area contributed by atoms with Gasteiger partial charge < -0.3 is 24.6 Å². The van der Waals surface area contributed by atoms with Gasteiger partial charge in [0.25, 0.3) is 0 Å². The lowest BCUT2D eigenvalue weighted by Gasteiger charge is -2.20. The number of phosphoric ester groups is 1. The summed E-state index contributed by atoms with van der Waals surface area (Å²) in [6.45, 7) is 2.06. The molecular weight excluding hydrogens is 683 g/mol. The van der Waals surface area contributed by atoms with E-state index in [1.165, 1.54) is 0 Å². The molecule has 0 heterocycles. The normalized spacial score (nSPS) is 14.9. The van der Waals surface area contributed by atoms with Crippen LogP contribution >= 0.6 is 7.82 Å². The zero-order chi connectivity index (χ0) is 38.4. The summed E-state index contributed by atoms with van der Waals surface area (Å²) >= 11 is 0. The average molecular weight is 751 g/mol. The summed E-state index contributed by atoms with van der Waals surface area (Å²) in [7, 11) is -4.64. The molecule has 0 saturated heterocycles. The minimum absolute atomic E-state index is 0.0526. The molecule has 296 valence electrons. The number of aliphatic hydroxyl groups excluding tert-OH is 2. The molecular formula is C41H67O10P. The number of unbranched alkanes of at least 4 members (excludes halogenated alkanes) is 6. The molecule has 11 heteroatoms. The number of aliphatic hydroxyl groups is 2. The van der Waals surface area contributed by atoms with E-state index in [0.717, 1.165) is 83.5 Å². The molecule has 3 unspecified atom stereocenters. The molecule has 0 aromatic rings. The van der Waals surface area contributed by atoms with Crippen molar-refractivity contribution < 1.29 is 47.8 Å². The number of carbonyl (C=O) groups is 2. The van der Waals surface area contributed by atoms with Gasteiger partial charge in [0, 0.05) is 12.8 Å². The Kier molecular flexibility index (Phi) is 34.5. The Labute approximate surface area is 313 Å². The van der Waals surface area contributed by atoms with Crippen molar-refractivity contribution in [1.82, 2.24) is 0 Å². The minimum atomic E-state index is -4.64. The number of phosphoric acid groups is 1. The van der Waals surface area contributed by atoms with E-state index in [1.54, 1.807) is 0 Å². The third-order valence-corrected chi connectivity index (χ3v) is 8.23. The fourth-order valence-electron chi connectivity index (χ4n) is 4.37. The van der Waals surface area contributed by atoms with Gasteiger partial charge in [0.2, 0.25) is 0 Å². The average Bonchev–Trinajstić information content (AvgIpc) is 3.13. The quantitative estimate of drug-likeness (QED) is 0.0251. The zero-order valence-electron chi connectivity index (χ0n) is 31.7. The van der Waals surface area contributed by atoms with Gasteiger partial charge in [-0.15, -0.1) is 0 Å². The van der Waals surface area contributed by atoms with E-state index >= 15 is 0 Å². The minimum Gasteiger partial charge on any atom is -0.462 e. The van der Waals surface area contributed by atoms with Gasteiger partial charge in [-0.3, -0.25) is 18.6 Å². The van der Waals surface area contributed by atoms with Crippen LogP contribution in [0.4, 0.5) is 0 Å². The van der Waals surface area contributed by atoms with Crippen molar-refractivity contribution in [1.29, 1.82) is 0 Å². The van der Waals surface area contributed by atoms with Crippen LogP contribution in [-0.2, 0) is 32.7 Å². The highest BCUT2D eigenvalue weighted by molar-refractivity contribution is 7.47. The van der Waals surface area contributed by atoms with Crippen LogP contribution < -0.4 is 0 Å². The number of rotatable bonds is 34. The Balaban J connectivity index is 4.52. The van der Waals surface area contributed by atoms with Gasteiger partial charge in [-0.2, -0.15) is 0 Å². The van der Waals surface area contributed by atoms with Gasteiger partial charge in [0.15, 0.2) is 6.10 Å². The summed E-state index contributed by atoms with van der Waals surface area (Å²) < 4.78 is 32.4. The molecule has 0 aliphatic rings. The third kappa shape index (κ3) is 35.5. The smallest absolute Gasteiger partial charge is 0.462 e. The van der Waals surface area contributed by atoms with Gasteiger partial charge in [0.05, 0.1) is 19.8 Å². The Morgan fingerprint density at radius 1 is 0.596 bits per heavy atom. The Morgan fingerprint density at radius 2 is 1.10 bits per heavy atom. The number of carbonyl (C=O) groups excluding carboxylic acids is 2. The molecule has 0 spiro atoms. The molecule has 0 radical (unpaired) electrons. The van der Waals surface area contributed by atoms with Crippen LogP contribution in [0.2, 0.25) is 0 Å². The Hall–Kier alpha value is -2.85. The van der Waals surface area contributed by atoms with E-state index in [0.29, 0.717) is 12.8 Å². The Bertz CT molecular complexity index is 1140. The zero-order valence-corrected chi connectivity index (χ0v) is 32.6. The maximum atomic E-state index is 12.5. The van der Waals surface area contributed by atoms with E-state index in [9.17, 15) is 24.2 Å². The SMILES string of the molecule is CC/C=C\C/C=C\C/C=C\C/C=C\C/C=C\C/C=C\CCC(=O)OC(COC(=O)CCCCCCC/C=C\CCC)COP(=O)(O)OCC(O)CO. The van der Waals surface area contributed by atoms with Crippen LogP contribution in [0, 0.1) is 0 Å². The predicted molar refractivity (Wildman–Crippen MR) is 209 cm³/mol. The first-order valence-corrected chi connectivity index (χ1v) is 20.5. The van der Waals surface area contributed by atoms with Gasteiger partial charge in [0.1, 0.15) is 12.7 Å². The molecule has 52 heavy (non-hydrogen) atoms. The van der Waals surface area contributed by atoms with E-state index in [2.05, 4.69) is 91.3 Å². The topological polar surface area (TPSA) is 149 Å². The van der Waals surface area contributed by atoms with Crippen molar-refractivity contribution in [3.05, 3.63) is 85.1 Å². The van der Waals surface area contributed by atoms with Gasteiger partial charge >= 0.3 is 19.8 Å². The highest BCUT2D eigenvalue weighted by Gasteiger charge is 2.27. The van der Waals surface area contributed by atoms with Gasteiger partial charge in [-0.25, -0.2) is 4.57 Å². The molecule has 0 amide bonds. The molecule has 10 nitrogen and oxygen atoms in total. The first kappa shape index (κ1) is 49.1. The second-order valence-electron chi connectivity index (χ2n) is 12.2. The van der Waals surface area contributed by atoms with Crippen LogP contribution in [0.1, 0.15) is 123 Å². The molecule has 0 aliphatic heterocycles. The van der Waals surface area contributed by atoms with Gasteiger partial charge in [-0.1, -0.05) is 125 Å². The lowest BCUT2D eigenvalue weighted by molar-refractivity contribution is -0.161. The van der Waals surface area contributed by atoms with Crippen LogP contribution in [0.25, 0.3) is 0 Å². The standard InChI is InChI=1S/C41H67O10P/c1-3-5-7-9-11-13-15-16-17-18-19-20-21-22-23-25-27-29-31-33-41(45)51-39(37-50-52(46,47)49-35-38(43)34-42)36-48-40(44)32-30-28-26-24-14-12-10-8-6-4-2/h5,7-8,10-11,13,16-17,19-20,22-23,27,29,38-39,42-43H,3-4,6,9,12,14-15,18,21,24-26,28,30-37H2,1-2H3,(H,46,47)/b7-5-,10-8-,13-11-,17-16-,20-19-,23-22-,29-27-. The first-order valence-electron chi connectivity index (χ1n) is 19.0. The molecule has 0 aromatic heterocycles. The lowest BCUT2D eigenvalue weighted by atomic mass is 10.1. The van der Waals surface area contributed by atoms with Crippen LogP contribution in [0.15, 0.2) is 85.1 Å². The molecule has 3 atom stereocenters. The summed E-state index contributed by atoms with van der Waals surface area (Å²) in [5.41, 5.74) is 0. The van der Waals surface area contributed by atoms with Gasteiger partial charge in [-0.05, 0) is 70.6 Å². The van der Waals surface area contributed by atoms with Crippen LogP contribution in [0.5, 0.6) is 0 Å². The third-order valence-electron chi connectivity index (χ3n) is 7.28.